The number of hydrogen-bond donors (Lipinski definition) is 0. The van der Waals surface area contributed by atoms with Crippen molar-refractivity contribution >= 4 is 17.2 Å². The Labute approximate surface area is 204 Å². The van der Waals surface area contributed by atoms with E-state index in [2.05, 4.69) is 11.2 Å². The quantitative estimate of drug-likeness (QED) is 0.437. The zero-order valence-electron chi connectivity index (χ0n) is 19.2. The lowest BCUT2D eigenvalue weighted by Gasteiger charge is -2.33. The molecule has 6 nitrogen and oxygen atoms in total. The second-order valence-corrected chi connectivity index (χ2v) is 9.20. The minimum Gasteiger partial charge on any atom is -0.381 e. The van der Waals surface area contributed by atoms with Gasteiger partial charge in [0.1, 0.15) is 10.9 Å². The first-order valence-corrected chi connectivity index (χ1v) is 11.8. The van der Waals surface area contributed by atoms with Crippen molar-refractivity contribution in [2.75, 3.05) is 20.3 Å². The molecule has 3 aromatic rings. The Morgan fingerprint density at radius 2 is 2.09 bits per heavy atom. The third-order valence-corrected chi connectivity index (χ3v) is 6.92. The molecule has 4 rings (SSSR count). The minimum atomic E-state index is -4.62. The molecule has 3 heterocycles. The van der Waals surface area contributed by atoms with E-state index in [0.29, 0.717) is 29.1 Å². The molecule has 0 radical (unpaired) electrons. The summed E-state index contributed by atoms with van der Waals surface area (Å²) in [5.74, 6) is -0.629. The summed E-state index contributed by atoms with van der Waals surface area (Å²) < 4.78 is 47.9. The van der Waals surface area contributed by atoms with Gasteiger partial charge >= 0.3 is 6.18 Å². The Kier molecular flexibility index (Phi) is 7.10. The van der Waals surface area contributed by atoms with Crippen molar-refractivity contribution < 1.29 is 22.7 Å². The molecule has 0 aliphatic carbocycles. The van der Waals surface area contributed by atoms with E-state index in [4.69, 9.17) is 4.74 Å². The number of benzene rings is 1. The Bertz CT molecular complexity index is 1300. The van der Waals surface area contributed by atoms with Crippen LogP contribution in [0, 0.1) is 11.3 Å². The first kappa shape index (κ1) is 24.7. The molecule has 1 atom stereocenters. The molecule has 0 saturated carbocycles. The number of carbonyl (C=O) groups is 1. The fourth-order valence-electron chi connectivity index (χ4n) is 4.29. The molecule has 1 unspecified atom stereocenters. The topological polar surface area (TPSA) is 71.2 Å². The summed E-state index contributed by atoms with van der Waals surface area (Å²) in [7, 11) is 1.53. The Morgan fingerprint density at radius 1 is 1.31 bits per heavy atom. The van der Waals surface area contributed by atoms with Gasteiger partial charge in [0.25, 0.3) is 0 Å². The van der Waals surface area contributed by atoms with Crippen LogP contribution in [0.5, 0.6) is 0 Å². The average molecular weight is 501 g/mol. The molecule has 0 spiro atoms. The van der Waals surface area contributed by atoms with Crippen LogP contribution >= 0.6 is 11.3 Å². The fourth-order valence-corrected chi connectivity index (χ4v) is 5.33. The number of methoxy groups -OCH3 is 1. The van der Waals surface area contributed by atoms with Gasteiger partial charge in [-0.2, -0.15) is 23.5 Å². The maximum Gasteiger partial charge on any atom is 0.435 e. The molecule has 0 saturated heterocycles. The molecule has 1 aromatic carbocycles. The monoisotopic (exact) mass is 500 g/mol. The molecular weight excluding hydrogens is 477 g/mol. The molecule has 1 amide bonds. The van der Waals surface area contributed by atoms with Crippen LogP contribution in [0.1, 0.15) is 39.4 Å². The summed E-state index contributed by atoms with van der Waals surface area (Å²) in [6.07, 6.45) is -0.158. The van der Waals surface area contributed by atoms with Crippen LogP contribution in [0.15, 0.2) is 48.7 Å². The first-order valence-electron chi connectivity index (χ1n) is 11.0. The van der Waals surface area contributed by atoms with Gasteiger partial charge < -0.3 is 9.64 Å². The van der Waals surface area contributed by atoms with Crippen LogP contribution < -0.4 is 0 Å². The lowest BCUT2D eigenvalue weighted by Crippen LogP contribution is -2.37. The summed E-state index contributed by atoms with van der Waals surface area (Å²) >= 11 is 1.30. The smallest absolute Gasteiger partial charge is 0.381 e. The van der Waals surface area contributed by atoms with E-state index >= 15 is 0 Å². The number of ether oxygens (including phenoxy) is 1. The number of amides is 1. The normalized spacial score (nSPS) is 15.9. The number of alkyl halides is 3. The van der Waals surface area contributed by atoms with Gasteiger partial charge in [0.2, 0.25) is 5.91 Å². The predicted molar refractivity (Wildman–Crippen MR) is 126 cm³/mol. The molecule has 1 aliphatic rings. The minimum absolute atomic E-state index is 0.00400. The molecule has 0 fully saturated rings. The van der Waals surface area contributed by atoms with Gasteiger partial charge in [0, 0.05) is 48.8 Å². The third-order valence-electron chi connectivity index (χ3n) is 5.88. The van der Waals surface area contributed by atoms with Crippen molar-refractivity contribution in [3.63, 3.8) is 0 Å². The highest BCUT2D eigenvalue weighted by Crippen LogP contribution is 2.44. The number of hydrogen-bond acceptors (Lipinski definition) is 5. The number of aromatic nitrogens is 2. The van der Waals surface area contributed by atoms with Crippen LogP contribution in [-0.2, 0) is 28.8 Å². The average Bonchev–Trinajstić information content (AvgIpc) is 3.47. The number of fused-ring (bicyclic) bond motifs is 1. The molecule has 1 aliphatic heterocycles. The third kappa shape index (κ3) is 5.01. The zero-order chi connectivity index (χ0) is 25.2. The van der Waals surface area contributed by atoms with Crippen molar-refractivity contribution in [1.82, 2.24) is 14.7 Å². The highest BCUT2D eigenvalue weighted by molar-refractivity contribution is 7.12. The molecule has 10 heteroatoms. The van der Waals surface area contributed by atoms with Crippen LogP contribution in [0.4, 0.5) is 13.2 Å². The largest absolute Gasteiger partial charge is 0.435 e. The number of rotatable bonds is 6. The van der Waals surface area contributed by atoms with Crippen molar-refractivity contribution in [1.29, 1.82) is 5.26 Å². The van der Waals surface area contributed by atoms with Gasteiger partial charge in [0.05, 0.1) is 13.2 Å². The van der Waals surface area contributed by atoms with Gasteiger partial charge in [-0.3, -0.25) is 9.48 Å². The van der Waals surface area contributed by atoms with E-state index in [0.717, 1.165) is 10.4 Å². The SMILES string of the molecule is CCn1cc(-c2ccccc2C2CN(C(=O)/C=C/COC)Cc3sc(C#N)cc32)c(C(F)(F)F)n1. The summed E-state index contributed by atoms with van der Waals surface area (Å²) in [6.45, 7) is 2.91. The van der Waals surface area contributed by atoms with E-state index in [1.54, 1.807) is 48.2 Å². The molecule has 0 N–H and O–H groups in total. The van der Waals surface area contributed by atoms with E-state index < -0.39 is 17.8 Å². The number of nitrogens with zero attached hydrogens (tertiary/aromatic N) is 4. The number of aryl methyl sites for hydroxylation is 1. The van der Waals surface area contributed by atoms with Gasteiger partial charge in [-0.1, -0.05) is 30.3 Å². The molecule has 2 aromatic heterocycles. The van der Waals surface area contributed by atoms with E-state index in [9.17, 15) is 23.2 Å². The van der Waals surface area contributed by atoms with Gasteiger partial charge in [-0.25, -0.2) is 0 Å². The van der Waals surface area contributed by atoms with Gasteiger partial charge in [0.15, 0.2) is 5.69 Å². The number of halogens is 3. The zero-order valence-corrected chi connectivity index (χ0v) is 20.0. The molecule has 182 valence electrons. The van der Waals surface area contributed by atoms with E-state index in [1.807, 2.05) is 0 Å². The Balaban J connectivity index is 1.83. The number of carbonyl (C=O) groups excluding carboxylic acids is 1. The summed E-state index contributed by atoms with van der Waals surface area (Å²) in [4.78, 5) is 15.9. The fraction of sp³-hybridized carbons (Fsp3) is 0.320. The van der Waals surface area contributed by atoms with Gasteiger partial charge in [-0.05, 0) is 29.7 Å². The van der Waals surface area contributed by atoms with E-state index in [-0.39, 0.29) is 24.6 Å². The van der Waals surface area contributed by atoms with Crippen LogP contribution in [-0.4, -0.2) is 40.8 Å². The summed E-state index contributed by atoms with van der Waals surface area (Å²) in [6, 6.07) is 10.8. The lowest BCUT2D eigenvalue weighted by atomic mass is 9.83. The van der Waals surface area contributed by atoms with Crippen molar-refractivity contribution in [2.24, 2.45) is 0 Å². The summed E-state index contributed by atoms with van der Waals surface area (Å²) in [5, 5.41) is 13.2. The predicted octanol–water partition coefficient (Wildman–Crippen LogP) is 5.20. The standard InChI is InChI=1S/C25H23F3N4O2S/c1-3-32-14-21(24(30-32)25(26,27)28)18-8-5-4-7-17(18)20-13-31(23(33)9-6-10-34-2)15-22-19(20)11-16(12-29)35-22/h4-9,11,14,20H,3,10,13,15H2,1-2H3/b9-6+. The van der Waals surface area contributed by atoms with Gasteiger partial charge in [-0.15, -0.1) is 11.3 Å². The maximum absolute atomic E-state index is 13.9. The van der Waals surface area contributed by atoms with Crippen molar-refractivity contribution in [2.45, 2.75) is 32.1 Å². The lowest BCUT2D eigenvalue weighted by molar-refractivity contribution is -0.141. The first-order chi connectivity index (χ1) is 16.8. The number of nitriles is 1. The van der Waals surface area contributed by atoms with E-state index in [1.165, 1.54) is 35.4 Å². The van der Waals surface area contributed by atoms with Crippen LogP contribution in [0.3, 0.4) is 0 Å². The van der Waals surface area contributed by atoms with Crippen LogP contribution in [0.2, 0.25) is 0 Å². The van der Waals surface area contributed by atoms with Crippen molar-refractivity contribution in [3.8, 4) is 17.2 Å². The Morgan fingerprint density at radius 3 is 2.77 bits per heavy atom. The maximum atomic E-state index is 13.9. The second kappa shape index (κ2) is 10.1. The highest BCUT2D eigenvalue weighted by atomic mass is 32.1. The molecule has 35 heavy (non-hydrogen) atoms. The Hall–Kier alpha value is -3.42. The van der Waals surface area contributed by atoms with Crippen LogP contribution in [0.25, 0.3) is 11.1 Å². The summed E-state index contributed by atoms with van der Waals surface area (Å²) in [5.41, 5.74) is 0.970. The van der Waals surface area contributed by atoms with Crippen molar-refractivity contribution in [3.05, 3.63) is 75.3 Å². The molecule has 0 bridgehead atoms. The molecular formula is C25H23F3N4O2S. The second-order valence-electron chi connectivity index (χ2n) is 8.06. The number of thiophene rings is 1. The highest BCUT2D eigenvalue weighted by Gasteiger charge is 2.39.